The van der Waals surface area contributed by atoms with E-state index in [0.29, 0.717) is 6.10 Å². The minimum atomic E-state index is 0.278. The van der Waals surface area contributed by atoms with Crippen LogP contribution in [0.4, 0.5) is 0 Å². The van der Waals surface area contributed by atoms with Crippen LogP contribution in [0, 0.1) is 5.41 Å². The highest BCUT2D eigenvalue weighted by Crippen LogP contribution is 2.39. The van der Waals surface area contributed by atoms with Crippen molar-refractivity contribution < 1.29 is 4.74 Å². The average molecular weight is 318 g/mol. The summed E-state index contributed by atoms with van der Waals surface area (Å²) in [4.78, 5) is 1.45. The lowest BCUT2D eigenvalue weighted by molar-refractivity contribution is 0.0637. The molecular formula is C13H20BrNOS. The van der Waals surface area contributed by atoms with E-state index < -0.39 is 0 Å². The molecule has 1 saturated heterocycles. The number of ether oxygens (including phenoxy) is 1. The van der Waals surface area contributed by atoms with Crippen LogP contribution in [0.3, 0.4) is 0 Å². The molecule has 4 heteroatoms. The van der Waals surface area contributed by atoms with Crippen LogP contribution >= 0.6 is 27.3 Å². The highest BCUT2D eigenvalue weighted by Gasteiger charge is 2.41. The van der Waals surface area contributed by atoms with Gasteiger partial charge in [0.2, 0.25) is 0 Å². The van der Waals surface area contributed by atoms with Gasteiger partial charge in [-0.05, 0) is 54.4 Å². The zero-order valence-corrected chi connectivity index (χ0v) is 12.9. The normalized spacial score (nSPS) is 28.8. The zero-order valence-electron chi connectivity index (χ0n) is 10.5. The molecule has 0 bridgehead atoms. The van der Waals surface area contributed by atoms with Gasteiger partial charge < -0.3 is 10.1 Å². The van der Waals surface area contributed by atoms with E-state index in [1.807, 2.05) is 11.3 Å². The Balaban J connectivity index is 2.10. The van der Waals surface area contributed by atoms with Crippen molar-refractivity contribution >= 4 is 27.3 Å². The molecule has 1 aromatic rings. The van der Waals surface area contributed by atoms with Crippen LogP contribution in [0.15, 0.2) is 15.9 Å². The van der Waals surface area contributed by atoms with Crippen molar-refractivity contribution in [1.82, 2.24) is 5.32 Å². The molecule has 2 heterocycles. The lowest BCUT2D eigenvalue weighted by Crippen LogP contribution is -2.41. The molecule has 0 spiro atoms. The van der Waals surface area contributed by atoms with Gasteiger partial charge in [-0.1, -0.05) is 6.92 Å². The van der Waals surface area contributed by atoms with Crippen molar-refractivity contribution in [2.75, 3.05) is 19.7 Å². The van der Waals surface area contributed by atoms with Crippen LogP contribution in [0.5, 0.6) is 0 Å². The van der Waals surface area contributed by atoms with Crippen LogP contribution in [-0.2, 0) is 11.2 Å². The molecule has 1 N–H and O–H groups in total. The monoisotopic (exact) mass is 317 g/mol. The standard InChI is InChI=1S/C13H20BrNOS/c1-3-15-9-13(6-7-16-10(13)2)8-11-4-5-12(14)17-11/h4-5,10,15H,3,6-9H2,1-2H3. The van der Waals surface area contributed by atoms with E-state index in [1.54, 1.807) is 0 Å². The van der Waals surface area contributed by atoms with E-state index in [1.165, 1.54) is 8.66 Å². The summed E-state index contributed by atoms with van der Waals surface area (Å²) in [6.45, 7) is 7.37. The van der Waals surface area contributed by atoms with Crippen molar-refractivity contribution in [3.05, 3.63) is 20.8 Å². The summed E-state index contributed by atoms with van der Waals surface area (Å²) in [5, 5.41) is 3.50. The largest absolute Gasteiger partial charge is 0.378 e. The van der Waals surface area contributed by atoms with E-state index in [-0.39, 0.29) is 5.41 Å². The van der Waals surface area contributed by atoms with Gasteiger partial charge in [0.05, 0.1) is 9.89 Å². The van der Waals surface area contributed by atoms with Crippen molar-refractivity contribution in [1.29, 1.82) is 0 Å². The Bertz CT molecular complexity index is 368. The molecule has 96 valence electrons. The van der Waals surface area contributed by atoms with E-state index in [9.17, 15) is 0 Å². The molecule has 0 aliphatic carbocycles. The predicted molar refractivity (Wildman–Crippen MR) is 76.7 cm³/mol. The first kappa shape index (κ1) is 13.5. The number of nitrogens with one attached hydrogen (secondary N) is 1. The molecule has 1 fully saturated rings. The molecule has 2 unspecified atom stereocenters. The quantitative estimate of drug-likeness (QED) is 0.898. The maximum atomic E-state index is 5.80. The summed E-state index contributed by atoms with van der Waals surface area (Å²) in [6, 6.07) is 4.37. The average Bonchev–Trinajstić information content (AvgIpc) is 2.85. The minimum absolute atomic E-state index is 0.278. The number of thiophene rings is 1. The molecule has 2 rings (SSSR count). The third-order valence-corrected chi connectivity index (χ3v) is 5.34. The topological polar surface area (TPSA) is 21.3 Å². The molecule has 2 nitrogen and oxygen atoms in total. The summed E-state index contributed by atoms with van der Waals surface area (Å²) < 4.78 is 7.02. The Kier molecular flexibility index (Phi) is 4.64. The fourth-order valence-electron chi connectivity index (χ4n) is 2.51. The third-order valence-electron chi connectivity index (χ3n) is 3.71. The van der Waals surface area contributed by atoms with E-state index >= 15 is 0 Å². The SMILES string of the molecule is CCNCC1(Cc2ccc(Br)s2)CCOC1C. The van der Waals surface area contributed by atoms with Crippen molar-refractivity contribution in [2.24, 2.45) is 5.41 Å². The van der Waals surface area contributed by atoms with Crippen molar-refractivity contribution in [3.8, 4) is 0 Å². The van der Waals surface area contributed by atoms with Crippen LogP contribution in [0.1, 0.15) is 25.1 Å². The maximum Gasteiger partial charge on any atom is 0.0701 e. The molecular weight excluding hydrogens is 298 g/mol. The van der Waals surface area contributed by atoms with Gasteiger partial charge in [0.15, 0.2) is 0 Å². The van der Waals surface area contributed by atoms with Gasteiger partial charge in [0, 0.05) is 23.4 Å². The highest BCUT2D eigenvalue weighted by atomic mass is 79.9. The number of hydrogen-bond donors (Lipinski definition) is 1. The van der Waals surface area contributed by atoms with Crippen LogP contribution < -0.4 is 5.32 Å². The van der Waals surface area contributed by atoms with Gasteiger partial charge in [0.1, 0.15) is 0 Å². The molecule has 1 aliphatic rings. The second-order valence-electron chi connectivity index (χ2n) is 4.79. The highest BCUT2D eigenvalue weighted by molar-refractivity contribution is 9.11. The molecule has 17 heavy (non-hydrogen) atoms. The summed E-state index contributed by atoms with van der Waals surface area (Å²) in [5.41, 5.74) is 0.278. The second kappa shape index (κ2) is 5.83. The summed E-state index contributed by atoms with van der Waals surface area (Å²) >= 11 is 5.38. The van der Waals surface area contributed by atoms with Gasteiger partial charge in [-0.15, -0.1) is 11.3 Å². The fraction of sp³-hybridized carbons (Fsp3) is 0.692. The number of halogens is 1. The Hall–Kier alpha value is 0.1000. The summed E-state index contributed by atoms with van der Waals surface area (Å²) in [7, 11) is 0. The van der Waals surface area contributed by atoms with Gasteiger partial charge in [-0.25, -0.2) is 0 Å². The molecule has 2 atom stereocenters. The van der Waals surface area contributed by atoms with Crippen molar-refractivity contribution in [2.45, 2.75) is 32.8 Å². The van der Waals surface area contributed by atoms with Crippen LogP contribution in [0.2, 0.25) is 0 Å². The van der Waals surface area contributed by atoms with E-state index in [0.717, 1.165) is 32.5 Å². The first-order valence-corrected chi connectivity index (χ1v) is 7.84. The predicted octanol–water partition coefficient (Wildman–Crippen LogP) is 3.46. The second-order valence-corrected chi connectivity index (χ2v) is 7.34. The lowest BCUT2D eigenvalue weighted by atomic mass is 9.78. The number of hydrogen-bond acceptors (Lipinski definition) is 3. The van der Waals surface area contributed by atoms with Gasteiger partial charge in [-0.3, -0.25) is 0 Å². The summed E-state index contributed by atoms with van der Waals surface area (Å²) in [6.07, 6.45) is 2.64. The van der Waals surface area contributed by atoms with Crippen molar-refractivity contribution in [3.63, 3.8) is 0 Å². The molecule has 1 aromatic heterocycles. The van der Waals surface area contributed by atoms with Crippen LogP contribution in [-0.4, -0.2) is 25.8 Å². The van der Waals surface area contributed by atoms with Crippen LogP contribution in [0.25, 0.3) is 0 Å². The Labute approximate surface area is 116 Å². The summed E-state index contributed by atoms with van der Waals surface area (Å²) in [5.74, 6) is 0. The van der Waals surface area contributed by atoms with Gasteiger partial charge in [0.25, 0.3) is 0 Å². The Morgan fingerprint density at radius 1 is 1.59 bits per heavy atom. The molecule has 0 saturated carbocycles. The Morgan fingerprint density at radius 2 is 2.41 bits per heavy atom. The first-order valence-electron chi connectivity index (χ1n) is 6.23. The number of rotatable bonds is 5. The molecule has 0 radical (unpaired) electrons. The van der Waals surface area contributed by atoms with E-state index in [4.69, 9.17) is 4.74 Å². The van der Waals surface area contributed by atoms with Gasteiger partial charge in [-0.2, -0.15) is 0 Å². The van der Waals surface area contributed by atoms with Gasteiger partial charge >= 0.3 is 0 Å². The third kappa shape index (κ3) is 3.11. The first-order chi connectivity index (χ1) is 8.16. The fourth-order valence-corrected chi connectivity index (χ4v) is 4.15. The molecule has 1 aliphatic heterocycles. The smallest absolute Gasteiger partial charge is 0.0701 e. The zero-order chi connectivity index (χ0) is 12.3. The van der Waals surface area contributed by atoms with E-state index in [2.05, 4.69) is 47.2 Å². The lowest BCUT2D eigenvalue weighted by Gasteiger charge is -2.32. The molecule has 0 aromatic carbocycles. The molecule has 0 amide bonds. The Morgan fingerprint density at radius 3 is 2.94 bits per heavy atom. The maximum absolute atomic E-state index is 5.80. The minimum Gasteiger partial charge on any atom is -0.378 e.